The molecule has 0 spiro atoms. The van der Waals surface area contributed by atoms with Crippen molar-refractivity contribution in [1.29, 1.82) is 0 Å². The van der Waals surface area contributed by atoms with Gasteiger partial charge in [0.05, 0.1) is 24.0 Å². The van der Waals surface area contributed by atoms with Crippen LogP contribution in [0.5, 0.6) is 0 Å². The zero-order chi connectivity index (χ0) is 43.0. The predicted molar refractivity (Wildman–Crippen MR) is 196 cm³/mol. The third-order valence-corrected chi connectivity index (χ3v) is 6.91. The fourth-order valence-corrected chi connectivity index (χ4v) is 3.71. The third-order valence-electron chi connectivity index (χ3n) is 6.91. The number of hydrogen-bond acceptors (Lipinski definition) is 17. The Morgan fingerprint density at radius 2 is 0.714 bits per heavy atom. The van der Waals surface area contributed by atoms with Gasteiger partial charge in [-0.3, -0.25) is 0 Å². The molecule has 0 aromatic carbocycles. The second-order valence-electron chi connectivity index (χ2n) is 12.5. The van der Waals surface area contributed by atoms with Crippen molar-refractivity contribution < 1.29 is 81.0 Å². The first kappa shape index (κ1) is 49.7. The van der Waals surface area contributed by atoms with Crippen LogP contribution in [-0.4, -0.2) is 119 Å². The minimum atomic E-state index is -1.73. The standard InChI is InChI=1S/C38H49NO17/c1-11-28(40)49-20-37(21-50-29(41)12-2,22-51-30(42)13-3)18-48-19-38(23-52-31(43)14-4,24-53-32(44)15-5)25-56-35(47)39-36(10,16-54-33(45)26(6)7)17-55-34(46)27(8)9/h11-15H,1-6,8,16-25H2,7,9-10H3,(H,39,47). The molecule has 0 radical (unpaired) electrons. The lowest BCUT2D eigenvalue weighted by Crippen LogP contribution is -2.54. The number of carbonyl (C=O) groups excluding carboxylic acids is 8. The van der Waals surface area contributed by atoms with E-state index < -0.39 is 130 Å². The SMILES string of the molecule is C=CC(=O)OCC(COCC(COC(=O)C=C)(COC(=O)C=C)COC(=O)NC(C)(COC(=O)C(=C)C)COC(=O)C(=C)C)(COC(=O)C=C)COC(=O)C=C. The summed E-state index contributed by atoms with van der Waals surface area (Å²) in [6.07, 6.45) is 3.04. The average molecular weight is 792 g/mol. The number of hydrogen-bond donors (Lipinski definition) is 1. The lowest BCUT2D eigenvalue weighted by atomic mass is 9.90. The number of amides is 1. The van der Waals surface area contributed by atoms with Gasteiger partial charge in [-0.05, 0) is 20.8 Å². The predicted octanol–water partition coefficient (Wildman–Crippen LogP) is 2.35. The molecule has 0 unspecified atom stereocenters. The summed E-state index contributed by atoms with van der Waals surface area (Å²) in [5, 5.41) is 2.45. The van der Waals surface area contributed by atoms with Crippen molar-refractivity contribution in [1.82, 2.24) is 5.32 Å². The Kier molecular flexibility index (Phi) is 22.1. The van der Waals surface area contributed by atoms with Crippen LogP contribution in [0.4, 0.5) is 4.79 Å². The van der Waals surface area contributed by atoms with Crippen molar-refractivity contribution in [2.75, 3.05) is 66.1 Å². The van der Waals surface area contributed by atoms with Crippen LogP contribution in [-0.2, 0) is 76.2 Å². The molecule has 18 heteroatoms. The van der Waals surface area contributed by atoms with Crippen LogP contribution in [0, 0.1) is 10.8 Å². The summed E-state index contributed by atoms with van der Waals surface area (Å²) in [5.41, 5.74) is -4.85. The molecule has 0 fully saturated rings. The summed E-state index contributed by atoms with van der Waals surface area (Å²) < 4.78 is 47.9. The van der Waals surface area contributed by atoms with Gasteiger partial charge < -0.3 is 47.9 Å². The van der Waals surface area contributed by atoms with Gasteiger partial charge in [0.1, 0.15) is 58.4 Å². The molecule has 1 N–H and O–H groups in total. The van der Waals surface area contributed by atoms with E-state index in [4.69, 9.17) is 42.6 Å². The highest BCUT2D eigenvalue weighted by atomic mass is 16.6. The maximum Gasteiger partial charge on any atom is 0.407 e. The molecule has 18 nitrogen and oxygen atoms in total. The number of rotatable bonds is 28. The van der Waals surface area contributed by atoms with Gasteiger partial charge in [-0.25, -0.2) is 38.4 Å². The number of nitrogens with one attached hydrogen (secondary N) is 1. The summed E-state index contributed by atoms with van der Waals surface area (Å²) in [6.45, 7) is 21.9. The third kappa shape index (κ3) is 19.7. The van der Waals surface area contributed by atoms with E-state index in [1.807, 2.05) is 0 Å². The van der Waals surface area contributed by atoms with Crippen molar-refractivity contribution in [3.05, 3.63) is 87.6 Å². The molecule has 0 saturated heterocycles. The zero-order valence-electron chi connectivity index (χ0n) is 31.8. The molecule has 0 saturated carbocycles. The number of alkyl carbamates (subject to hydrolysis) is 1. The van der Waals surface area contributed by atoms with E-state index >= 15 is 0 Å². The van der Waals surface area contributed by atoms with Gasteiger partial charge >= 0.3 is 47.9 Å². The molecule has 0 aliphatic heterocycles. The fraction of sp³-hybridized carbons (Fsp3) is 0.421. The van der Waals surface area contributed by atoms with Gasteiger partial charge in [0.2, 0.25) is 0 Å². The smallest absolute Gasteiger partial charge is 0.407 e. The van der Waals surface area contributed by atoms with Crippen LogP contribution in [0.25, 0.3) is 0 Å². The summed E-state index contributed by atoms with van der Waals surface area (Å²) >= 11 is 0. The summed E-state index contributed by atoms with van der Waals surface area (Å²) in [6, 6.07) is 0. The summed E-state index contributed by atoms with van der Waals surface area (Å²) in [4.78, 5) is 98.1. The molecule has 0 bridgehead atoms. The lowest BCUT2D eigenvalue weighted by molar-refractivity contribution is -0.167. The minimum Gasteiger partial charge on any atom is -0.462 e. The maximum absolute atomic E-state index is 13.3. The summed E-state index contributed by atoms with van der Waals surface area (Å²) in [7, 11) is 0. The van der Waals surface area contributed by atoms with Gasteiger partial charge in [-0.2, -0.15) is 0 Å². The Morgan fingerprint density at radius 1 is 0.446 bits per heavy atom. The molecule has 0 aromatic rings. The highest BCUT2D eigenvalue weighted by molar-refractivity contribution is 5.88. The monoisotopic (exact) mass is 791 g/mol. The van der Waals surface area contributed by atoms with Crippen molar-refractivity contribution in [3.63, 3.8) is 0 Å². The van der Waals surface area contributed by atoms with Crippen molar-refractivity contribution in [3.8, 4) is 0 Å². The Hall–Kier alpha value is -6.30. The van der Waals surface area contributed by atoms with Crippen LogP contribution >= 0.6 is 0 Å². The van der Waals surface area contributed by atoms with Gasteiger partial charge in [-0.15, -0.1) is 0 Å². The molecule has 0 atom stereocenters. The fourth-order valence-electron chi connectivity index (χ4n) is 3.71. The van der Waals surface area contributed by atoms with Crippen molar-refractivity contribution in [2.45, 2.75) is 26.3 Å². The number of esters is 7. The normalized spacial score (nSPS) is 10.8. The van der Waals surface area contributed by atoms with E-state index in [1.54, 1.807) is 0 Å². The molecule has 56 heavy (non-hydrogen) atoms. The second kappa shape index (κ2) is 24.9. The average Bonchev–Trinajstić information content (AvgIpc) is 3.18. The first-order chi connectivity index (χ1) is 26.2. The van der Waals surface area contributed by atoms with Crippen LogP contribution in [0.15, 0.2) is 87.6 Å². The number of ether oxygens (including phenoxy) is 9. The molecule has 0 heterocycles. The molecule has 0 aromatic heterocycles. The largest absolute Gasteiger partial charge is 0.462 e. The Balaban J connectivity index is 6.77. The molecule has 1 amide bonds. The first-order valence-electron chi connectivity index (χ1n) is 16.4. The Morgan fingerprint density at radius 3 is 0.964 bits per heavy atom. The van der Waals surface area contributed by atoms with Gasteiger partial charge in [0, 0.05) is 41.5 Å². The van der Waals surface area contributed by atoms with E-state index in [-0.39, 0.29) is 11.1 Å². The van der Waals surface area contributed by atoms with E-state index in [2.05, 4.69) is 51.4 Å². The molecule has 0 rings (SSSR count). The van der Waals surface area contributed by atoms with E-state index in [0.717, 1.165) is 30.4 Å². The van der Waals surface area contributed by atoms with Gasteiger partial charge in [0.25, 0.3) is 0 Å². The van der Waals surface area contributed by atoms with E-state index in [0.29, 0.717) is 0 Å². The second-order valence-corrected chi connectivity index (χ2v) is 12.5. The topological polar surface area (TPSA) is 232 Å². The molecule has 0 aliphatic carbocycles. The molecular weight excluding hydrogens is 742 g/mol. The van der Waals surface area contributed by atoms with E-state index in [1.165, 1.54) is 20.8 Å². The minimum absolute atomic E-state index is 0.0439. The Bertz CT molecular complexity index is 1430. The molecule has 308 valence electrons. The quantitative estimate of drug-likeness (QED) is 0.0681. The first-order valence-corrected chi connectivity index (χ1v) is 16.4. The van der Waals surface area contributed by atoms with Crippen LogP contribution < -0.4 is 5.32 Å². The van der Waals surface area contributed by atoms with Crippen LogP contribution in [0.1, 0.15) is 20.8 Å². The van der Waals surface area contributed by atoms with Gasteiger partial charge in [-0.1, -0.05) is 46.1 Å². The zero-order valence-corrected chi connectivity index (χ0v) is 31.8. The van der Waals surface area contributed by atoms with Crippen LogP contribution in [0.2, 0.25) is 0 Å². The van der Waals surface area contributed by atoms with E-state index in [9.17, 15) is 38.4 Å². The van der Waals surface area contributed by atoms with Crippen molar-refractivity contribution >= 4 is 47.9 Å². The maximum atomic E-state index is 13.3. The van der Waals surface area contributed by atoms with Crippen LogP contribution in [0.3, 0.4) is 0 Å². The lowest BCUT2D eigenvalue weighted by Gasteiger charge is -2.35. The highest BCUT2D eigenvalue weighted by Gasteiger charge is 2.41. The van der Waals surface area contributed by atoms with Gasteiger partial charge in [0.15, 0.2) is 0 Å². The number of carbonyl (C=O) groups is 8. The van der Waals surface area contributed by atoms with Crippen molar-refractivity contribution in [2.24, 2.45) is 10.8 Å². The molecular formula is C38H49NO17. The Labute approximate surface area is 324 Å². The molecule has 0 aliphatic rings. The highest BCUT2D eigenvalue weighted by Crippen LogP contribution is 2.26. The summed E-state index contributed by atoms with van der Waals surface area (Å²) in [5.74, 6) is -6.16.